The standard InChI is InChI=1S/C27H22ClNO3/c1-31-27(30)25-11-3-2-8-20(25)9-4-6-19-7-5-10-24(16-19)32-18-23-15-13-21-12-14-22(28)17-26(21)29-23/h2-8,10-17H,9,18H2,1H3/b6-4+. The van der Waals surface area contributed by atoms with E-state index < -0.39 is 0 Å². The molecule has 0 radical (unpaired) electrons. The van der Waals surface area contributed by atoms with E-state index in [0.29, 0.717) is 23.6 Å². The molecule has 0 aliphatic heterocycles. The van der Waals surface area contributed by atoms with Crippen LogP contribution >= 0.6 is 11.6 Å². The highest BCUT2D eigenvalue weighted by molar-refractivity contribution is 6.31. The van der Waals surface area contributed by atoms with Gasteiger partial charge in [-0.05, 0) is 53.9 Å². The Bertz CT molecular complexity index is 1280. The molecule has 160 valence electrons. The smallest absolute Gasteiger partial charge is 0.338 e. The van der Waals surface area contributed by atoms with Gasteiger partial charge in [-0.25, -0.2) is 9.78 Å². The molecule has 0 saturated carbocycles. The van der Waals surface area contributed by atoms with Crippen LogP contribution in [0.1, 0.15) is 27.2 Å². The number of ether oxygens (including phenoxy) is 2. The van der Waals surface area contributed by atoms with E-state index in [1.165, 1.54) is 7.11 Å². The molecule has 0 unspecified atom stereocenters. The number of aromatic nitrogens is 1. The van der Waals surface area contributed by atoms with Crippen LogP contribution in [0.25, 0.3) is 17.0 Å². The first kappa shape index (κ1) is 21.6. The summed E-state index contributed by atoms with van der Waals surface area (Å²) in [4.78, 5) is 16.5. The average Bonchev–Trinajstić information content (AvgIpc) is 2.82. The van der Waals surface area contributed by atoms with Crippen molar-refractivity contribution in [1.82, 2.24) is 4.98 Å². The lowest BCUT2D eigenvalue weighted by atomic mass is 10.0. The van der Waals surface area contributed by atoms with E-state index in [1.54, 1.807) is 6.07 Å². The van der Waals surface area contributed by atoms with Crippen LogP contribution < -0.4 is 4.74 Å². The van der Waals surface area contributed by atoms with Crippen molar-refractivity contribution in [3.05, 3.63) is 112 Å². The van der Waals surface area contributed by atoms with E-state index in [2.05, 4.69) is 4.98 Å². The number of nitrogens with zero attached hydrogens (tertiary/aromatic N) is 1. The number of carbonyl (C=O) groups excluding carboxylic acids is 1. The third-order valence-electron chi connectivity index (χ3n) is 5.03. The molecule has 0 spiro atoms. The van der Waals surface area contributed by atoms with Crippen molar-refractivity contribution >= 4 is 34.5 Å². The number of methoxy groups -OCH3 is 1. The van der Waals surface area contributed by atoms with Gasteiger partial charge >= 0.3 is 5.97 Å². The molecule has 1 aromatic heterocycles. The number of pyridine rings is 1. The van der Waals surface area contributed by atoms with Crippen molar-refractivity contribution in [3.63, 3.8) is 0 Å². The quantitative estimate of drug-likeness (QED) is 0.305. The van der Waals surface area contributed by atoms with Gasteiger partial charge in [0, 0.05) is 10.4 Å². The summed E-state index contributed by atoms with van der Waals surface area (Å²) in [6, 6.07) is 24.9. The van der Waals surface area contributed by atoms with Crippen LogP contribution in [0.15, 0.2) is 84.9 Å². The molecule has 0 aliphatic carbocycles. The van der Waals surface area contributed by atoms with Crippen molar-refractivity contribution in [2.45, 2.75) is 13.0 Å². The lowest BCUT2D eigenvalue weighted by Crippen LogP contribution is -2.04. The number of allylic oxidation sites excluding steroid dienone is 1. The van der Waals surface area contributed by atoms with Gasteiger partial charge in [-0.3, -0.25) is 0 Å². The van der Waals surface area contributed by atoms with Crippen LogP contribution in [0, 0.1) is 0 Å². The predicted octanol–water partition coefficient (Wildman–Crippen LogP) is 6.51. The van der Waals surface area contributed by atoms with E-state index >= 15 is 0 Å². The predicted molar refractivity (Wildman–Crippen MR) is 128 cm³/mol. The molecule has 0 atom stereocenters. The molecule has 0 bridgehead atoms. The maximum Gasteiger partial charge on any atom is 0.338 e. The van der Waals surface area contributed by atoms with Gasteiger partial charge in [-0.1, -0.05) is 66.2 Å². The summed E-state index contributed by atoms with van der Waals surface area (Å²) in [5.41, 5.74) is 4.20. The number of hydrogen-bond donors (Lipinski definition) is 0. The van der Waals surface area contributed by atoms with Crippen LogP contribution in [-0.4, -0.2) is 18.1 Å². The maximum absolute atomic E-state index is 11.9. The first-order chi connectivity index (χ1) is 15.6. The first-order valence-electron chi connectivity index (χ1n) is 10.2. The van der Waals surface area contributed by atoms with Crippen molar-refractivity contribution in [3.8, 4) is 5.75 Å². The van der Waals surface area contributed by atoms with Gasteiger partial charge in [0.25, 0.3) is 0 Å². The number of halogens is 1. The summed E-state index contributed by atoms with van der Waals surface area (Å²) in [6.45, 7) is 0.363. The Kier molecular flexibility index (Phi) is 6.83. The summed E-state index contributed by atoms with van der Waals surface area (Å²) >= 11 is 6.07. The van der Waals surface area contributed by atoms with Gasteiger partial charge in [0.1, 0.15) is 12.4 Å². The number of fused-ring (bicyclic) bond motifs is 1. The molecular formula is C27H22ClNO3. The monoisotopic (exact) mass is 443 g/mol. The molecule has 32 heavy (non-hydrogen) atoms. The van der Waals surface area contributed by atoms with E-state index in [4.69, 9.17) is 21.1 Å². The molecule has 3 aromatic carbocycles. The van der Waals surface area contributed by atoms with E-state index in [9.17, 15) is 4.79 Å². The van der Waals surface area contributed by atoms with Crippen molar-refractivity contribution in [2.24, 2.45) is 0 Å². The Hall–Kier alpha value is -3.63. The SMILES string of the molecule is COC(=O)c1ccccc1C/C=C/c1cccc(OCc2ccc3ccc(Cl)cc3n2)c1. The lowest BCUT2D eigenvalue weighted by Gasteiger charge is -2.08. The highest BCUT2D eigenvalue weighted by atomic mass is 35.5. The van der Waals surface area contributed by atoms with E-state index in [-0.39, 0.29) is 5.97 Å². The molecule has 4 rings (SSSR count). The minimum Gasteiger partial charge on any atom is -0.487 e. The normalized spacial score (nSPS) is 11.1. The average molecular weight is 444 g/mol. The minimum atomic E-state index is -0.325. The third kappa shape index (κ3) is 5.34. The van der Waals surface area contributed by atoms with Crippen LogP contribution in [0.4, 0.5) is 0 Å². The topological polar surface area (TPSA) is 48.4 Å². The third-order valence-corrected chi connectivity index (χ3v) is 5.26. The molecule has 5 heteroatoms. The van der Waals surface area contributed by atoms with Crippen LogP contribution in [0.3, 0.4) is 0 Å². The van der Waals surface area contributed by atoms with Crippen LogP contribution in [0.2, 0.25) is 5.02 Å². The number of esters is 1. The summed E-state index contributed by atoms with van der Waals surface area (Å²) in [6.07, 6.45) is 4.66. The first-order valence-corrected chi connectivity index (χ1v) is 10.6. The van der Waals surface area contributed by atoms with E-state index in [0.717, 1.165) is 33.5 Å². The molecule has 0 saturated heterocycles. The zero-order valence-corrected chi connectivity index (χ0v) is 18.4. The summed E-state index contributed by atoms with van der Waals surface area (Å²) < 4.78 is 10.8. The van der Waals surface area contributed by atoms with Gasteiger partial charge < -0.3 is 9.47 Å². The molecule has 0 fully saturated rings. The van der Waals surface area contributed by atoms with Gasteiger partial charge in [0.15, 0.2) is 0 Å². The zero-order chi connectivity index (χ0) is 22.3. The molecule has 0 N–H and O–H groups in total. The van der Waals surface area contributed by atoms with Crippen molar-refractivity contribution in [2.75, 3.05) is 7.11 Å². The summed E-state index contributed by atoms with van der Waals surface area (Å²) in [5.74, 6) is 0.434. The lowest BCUT2D eigenvalue weighted by molar-refractivity contribution is 0.0599. The second-order valence-electron chi connectivity index (χ2n) is 7.26. The number of hydrogen-bond acceptors (Lipinski definition) is 4. The van der Waals surface area contributed by atoms with E-state index in [1.807, 2.05) is 84.9 Å². The highest BCUT2D eigenvalue weighted by Crippen LogP contribution is 2.20. The zero-order valence-electron chi connectivity index (χ0n) is 17.6. The summed E-state index contributed by atoms with van der Waals surface area (Å²) in [5, 5.41) is 1.70. The number of carbonyl (C=O) groups is 1. The Balaban J connectivity index is 1.41. The molecule has 1 heterocycles. The Morgan fingerprint density at radius 3 is 2.72 bits per heavy atom. The Morgan fingerprint density at radius 1 is 1.00 bits per heavy atom. The van der Waals surface area contributed by atoms with Crippen molar-refractivity contribution in [1.29, 1.82) is 0 Å². The van der Waals surface area contributed by atoms with Crippen molar-refractivity contribution < 1.29 is 14.3 Å². The van der Waals surface area contributed by atoms with Gasteiger partial charge in [0.2, 0.25) is 0 Å². The molecule has 0 aliphatic rings. The fourth-order valence-corrected chi connectivity index (χ4v) is 3.57. The molecule has 4 aromatic rings. The molecule has 0 amide bonds. The fourth-order valence-electron chi connectivity index (χ4n) is 3.41. The van der Waals surface area contributed by atoms with Gasteiger partial charge in [0.05, 0.1) is 23.9 Å². The summed E-state index contributed by atoms with van der Waals surface area (Å²) in [7, 11) is 1.39. The van der Waals surface area contributed by atoms with Gasteiger partial charge in [-0.2, -0.15) is 0 Å². The maximum atomic E-state index is 11.9. The number of benzene rings is 3. The second-order valence-corrected chi connectivity index (χ2v) is 7.69. The molecular weight excluding hydrogens is 422 g/mol. The minimum absolute atomic E-state index is 0.325. The Morgan fingerprint density at radius 2 is 1.84 bits per heavy atom. The van der Waals surface area contributed by atoms with Gasteiger partial charge in [-0.15, -0.1) is 0 Å². The second kappa shape index (κ2) is 10.1. The Labute approximate surface area is 192 Å². The molecule has 4 nitrogen and oxygen atoms in total. The van der Waals surface area contributed by atoms with Crippen LogP contribution in [0.5, 0.6) is 5.75 Å². The highest BCUT2D eigenvalue weighted by Gasteiger charge is 2.09. The van der Waals surface area contributed by atoms with Crippen LogP contribution in [-0.2, 0) is 17.8 Å². The largest absolute Gasteiger partial charge is 0.487 e. The fraction of sp³-hybridized carbons (Fsp3) is 0.111. The number of rotatable bonds is 7.